The summed E-state index contributed by atoms with van der Waals surface area (Å²) in [4.78, 5) is 43.7. The summed E-state index contributed by atoms with van der Waals surface area (Å²) in [5.74, 6) is -2.16. The molecule has 2 N–H and O–H groups in total. The predicted octanol–water partition coefficient (Wildman–Crippen LogP) is 4.90. The molecule has 40 heavy (non-hydrogen) atoms. The first-order valence-electron chi connectivity index (χ1n) is 14.5. The number of hydrogen-bond donors (Lipinski definition) is 2. The van der Waals surface area contributed by atoms with Crippen LogP contribution < -0.4 is 10.6 Å². The van der Waals surface area contributed by atoms with Crippen molar-refractivity contribution in [3.05, 3.63) is 77.3 Å². The third-order valence-corrected chi connectivity index (χ3v) is 9.35. The molecule has 8 heteroatoms. The molecule has 0 aromatic heterocycles. The molecule has 1 spiro atoms. The van der Waals surface area contributed by atoms with E-state index in [1.165, 1.54) is 12.0 Å². The number of benzene rings is 2. The fraction of sp³-hybridized carbons (Fsp3) is 0.469. The van der Waals surface area contributed by atoms with Crippen LogP contribution in [0.3, 0.4) is 0 Å². The minimum atomic E-state index is -1.16. The first kappa shape index (κ1) is 27.0. The number of carbonyl (C=O) groups is 3. The van der Waals surface area contributed by atoms with Gasteiger partial charge in [0.25, 0.3) is 0 Å². The second kappa shape index (κ2) is 11.0. The van der Waals surface area contributed by atoms with E-state index in [2.05, 4.69) is 22.8 Å². The highest BCUT2D eigenvalue weighted by molar-refractivity contribution is 6.30. The fourth-order valence-electron chi connectivity index (χ4n) is 7.13. The second-order valence-electron chi connectivity index (χ2n) is 11.7. The third-order valence-electron chi connectivity index (χ3n) is 9.09. The third kappa shape index (κ3) is 4.83. The van der Waals surface area contributed by atoms with Gasteiger partial charge in [-0.15, -0.1) is 0 Å². The van der Waals surface area contributed by atoms with Crippen molar-refractivity contribution in [2.45, 2.75) is 81.7 Å². The lowest BCUT2D eigenvalue weighted by Crippen LogP contribution is -2.58. The number of halogens is 1. The molecule has 6 rings (SSSR count). The molecule has 4 aliphatic rings. The number of anilines is 1. The summed E-state index contributed by atoms with van der Waals surface area (Å²) in [5.41, 5.74) is 0.615. The van der Waals surface area contributed by atoms with Crippen LogP contribution in [0, 0.1) is 11.8 Å². The number of ether oxygens (including phenoxy) is 1. The van der Waals surface area contributed by atoms with Gasteiger partial charge in [0.15, 0.2) is 0 Å². The van der Waals surface area contributed by atoms with E-state index in [0.717, 1.165) is 32.1 Å². The minimum Gasteiger partial charge on any atom is -0.359 e. The first-order chi connectivity index (χ1) is 19.4. The summed E-state index contributed by atoms with van der Waals surface area (Å²) in [7, 11) is 0. The number of rotatable bonds is 8. The molecule has 3 heterocycles. The molecule has 2 aromatic rings. The van der Waals surface area contributed by atoms with Crippen LogP contribution in [0.15, 0.2) is 66.7 Å². The quantitative estimate of drug-likeness (QED) is 0.449. The number of fused-ring (bicyclic) bond motifs is 1. The Morgan fingerprint density at radius 3 is 2.50 bits per heavy atom. The summed E-state index contributed by atoms with van der Waals surface area (Å²) in [5, 5.41) is 6.77. The maximum absolute atomic E-state index is 14.3. The summed E-state index contributed by atoms with van der Waals surface area (Å²) >= 11 is 6.01. The molecule has 2 saturated heterocycles. The van der Waals surface area contributed by atoms with E-state index in [-0.39, 0.29) is 29.8 Å². The van der Waals surface area contributed by atoms with Crippen molar-refractivity contribution in [2.75, 3.05) is 5.32 Å². The summed E-state index contributed by atoms with van der Waals surface area (Å²) < 4.78 is 6.49. The first-order valence-corrected chi connectivity index (χ1v) is 14.9. The van der Waals surface area contributed by atoms with Gasteiger partial charge in [-0.2, -0.15) is 0 Å². The number of carbonyl (C=O) groups excluding carboxylic acids is 3. The van der Waals surface area contributed by atoms with E-state index < -0.39 is 29.6 Å². The van der Waals surface area contributed by atoms with Crippen molar-refractivity contribution >= 4 is 35.0 Å². The van der Waals surface area contributed by atoms with Gasteiger partial charge in [0.05, 0.1) is 17.9 Å². The van der Waals surface area contributed by atoms with Crippen molar-refractivity contribution in [3.63, 3.8) is 0 Å². The van der Waals surface area contributed by atoms with Gasteiger partial charge in [0.1, 0.15) is 11.6 Å². The van der Waals surface area contributed by atoms with Crippen molar-refractivity contribution in [1.82, 2.24) is 10.2 Å². The molecule has 3 amide bonds. The van der Waals surface area contributed by atoms with Crippen molar-refractivity contribution in [1.29, 1.82) is 0 Å². The zero-order chi connectivity index (χ0) is 27.9. The smallest absolute Gasteiger partial charge is 0.246 e. The van der Waals surface area contributed by atoms with E-state index in [1.807, 2.05) is 37.3 Å². The lowest BCUT2D eigenvalue weighted by Gasteiger charge is -2.36. The van der Waals surface area contributed by atoms with Gasteiger partial charge in [-0.05, 0) is 62.4 Å². The molecule has 2 bridgehead atoms. The van der Waals surface area contributed by atoms with Gasteiger partial charge in [0.2, 0.25) is 17.7 Å². The van der Waals surface area contributed by atoms with E-state index in [0.29, 0.717) is 17.1 Å². The summed E-state index contributed by atoms with van der Waals surface area (Å²) in [6, 6.07) is 16.1. The monoisotopic (exact) mass is 561 g/mol. The molecule has 0 unspecified atom stereocenters. The Bertz CT molecular complexity index is 1290. The standard InChI is InChI=1S/C32H36ClN3O4/c1-20(12-13-21-8-4-2-5-9-21)36-28(30(38)35-23-10-6-3-7-11-23)32-19-18-25(40-32)26(27(32)31(36)39)29(37)34-24-16-14-22(33)15-17-24/h2,4-5,8-9,14-20,23,25-28H,3,6-7,10-13H2,1H3,(H,34,37)(H,35,38)/t20-,25+,26+,27+,28+,32+/m1/s1. The van der Waals surface area contributed by atoms with Gasteiger partial charge >= 0.3 is 0 Å². The number of likely N-dealkylation sites (tertiary alicyclic amines) is 1. The minimum absolute atomic E-state index is 0.0971. The molecule has 1 aliphatic carbocycles. The van der Waals surface area contributed by atoms with E-state index in [1.54, 1.807) is 29.2 Å². The molecule has 6 atom stereocenters. The average Bonchev–Trinajstić information content (AvgIpc) is 3.61. The average molecular weight is 562 g/mol. The van der Waals surface area contributed by atoms with Crippen LogP contribution in [0.5, 0.6) is 0 Å². The molecule has 3 aliphatic heterocycles. The van der Waals surface area contributed by atoms with Crippen molar-refractivity contribution < 1.29 is 19.1 Å². The zero-order valence-corrected chi connectivity index (χ0v) is 23.5. The number of nitrogens with zero attached hydrogens (tertiary/aromatic N) is 1. The largest absolute Gasteiger partial charge is 0.359 e. The highest BCUT2D eigenvalue weighted by Gasteiger charge is 2.73. The van der Waals surface area contributed by atoms with Crippen LogP contribution in [0.2, 0.25) is 5.02 Å². The summed E-state index contributed by atoms with van der Waals surface area (Å²) in [6.45, 7) is 2.00. The Morgan fingerprint density at radius 2 is 1.77 bits per heavy atom. The molecule has 0 radical (unpaired) electrons. The van der Waals surface area contributed by atoms with Crippen LogP contribution in [0.25, 0.3) is 0 Å². The van der Waals surface area contributed by atoms with Crippen LogP contribution >= 0.6 is 11.6 Å². The Kier molecular flexibility index (Phi) is 7.44. The van der Waals surface area contributed by atoms with Crippen LogP contribution in [0.4, 0.5) is 5.69 Å². The highest BCUT2D eigenvalue weighted by Crippen LogP contribution is 2.56. The normalized spacial score (nSPS) is 29.9. The second-order valence-corrected chi connectivity index (χ2v) is 12.1. The number of nitrogens with one attached hydrogen (secondary N) is 2. The Balaban J connectivity index is 1.29. The summed E-state index contributed by atoms with van der Waals surface area (Å²) in [6.07, 6.45) is 9.89. The number of amides is 3. The fourth-order valence-corrected chi connectivity index (χ4v) is 7.25. The van der Waals surface area contributed by atoms with Gasteiger partial charge in [-0.1, -0.05) is 73.3 Å². The van der Waals surface area contributed by atoms with E-state index in [9.17, 15) is 14.4 Å². The molecule has 2 aromatic carbocycles. The topological polar surface area (TPSA) is 87.7 Å². The van der Waals surface area contributed by atoms with Crippen LogP contribution in [0.1, 0.15) is 51.0 Å². The lowest BCUT2D eigenvalue weighted by molar-refractivity contribution is -0.143. The van der Waals surface area contributed by atoms with Gasteiger partial charge in [-0.3, -0.25) is 14.4 Å². The van der Waals surface area contributed by atoms with E-state index >= 15 is 0 Å². The van der Waals surface area contributed by atoms with Crippen molar-refractivity contribution in [3.8, 4) is 0 Å². The maximum Gasteiger partial charge on any atom is 0.246 e. The molecule has 1 saturated carbocycles. The molecule has 210 valence electrons. The van der Waals surface area contributed by atoms with Gasteiger partial charge in [-0.25, -0.2) is 0 Å². The predicted molar refractivity (Wildman–Crippen MR) is 154 cm³/mol. The van der Waals surface area contributed by atoms with Crippen LogP contribution in [-0.2, 0) is 25.5 Å². The molecular weight excluding hydrogens is 526 g/mol. The highest BCUT2D eigenvalue weighted by atomic mass is 35.5. The lowest BCUT2D eigenvalue weighted by atomic mass is 9.74. The van der Waals surface area contributed by atoms with Crippen molar-refractivity contribution in [2.24, 2.45) is 11.8 Å². The van der Waals surface area contributed by atoms with E-state index in [4.69, 9.17) is 16.3 Å². The Labute approximate surface area is 240 Å². The number of hydrogen-bond acceptors (Lipinski definition) is 4. The van der Waals surface area contributed by atoms with Gasteiger partial charge in [0, 0.05) is 22.8 Å². The maximum atomic E-state index is 14.3. The SMILES string of the molecule is C[C@H](CCc1ccccc1)N1C(=O)[C@@H]2[C@@H](C(=O)Nc3ccc(Cl)cc3)[C@@H]3C=C[C@@]2(O3)[C@@H]1C(=O)NC1CCCCC1. The number of aryl methyl sites for hydroxylation is 1. The Hall–Kier alpha value is -3.16. The molecular formula is C32H36ClN3O4. The zero-order valence-electron chi connectivity index (χ0n) is 22.7. The Morgan fingerprint density at radius 1 is 1.05 bits per heavy atom. The van der Waals surface area contributed by atoms with Crippen LogP contribution in [-0.4, -0.2) is 52.5 Å². The molecule has 3 fully saturated rings. The molecule has 7 nitrogen and oxygen atoms in total. The van der Waals surface area contributed by atoms with Gasteiger partial charge < -0.3 is 20.3 Å².